The quantitative estimate of drug-likeness (QED) is 0.814. The SMILES string of the molecule is COc1ccc(N(CC(=O)N[C@@H]2C[C@@H]3CC[C@H]2C3)S(C)(=O)=O)cc1Cl. The average Bonchev–Trinajstić information content (AvgIpc) is 3.14. The Morgan fingerprint density at radius 1 is 1.36 bits per heavy atom. The van der Waals surface area contributed by atoms with Crippen LogP contribution in [0.3, 0.4) is 0 Å². The maximum Gasteiger partial charge on any atom is 0.241 e. The molecular weight excluding hydrogens is 364 g/mol. The first-order chi connectivity index (χ1) is 11.8. The van der Waals surface area contributed by atoms with Crippen LogP contribution in [0.2, 0.25) is 5.02 Å². The summed E-state index contributed by atoms with van der Waals surface area (Å²) in [5.74, 6) is 1.41. The minimum atomic E-state index is -3.62. The maximum atomic E-state index is 12.4. The number of rotatable bonds is 6. The van der Waals surface area contributed by atoms with Crippen LogP contribution in [0.4, 0.5) is 5.69 Å². The summed E-state index contributed by atoms with van der Waals surface area (Å²) < 4.78 is 30.5. The van der Waals surface area contributed by atoms with E-state index >= 15 is 0 Å². The van der Waals surface area contributed by atoms with Gasteiger partial charge in [0.2, 0.25) is 15.9 Å². The molecule has 0 spiro atoms. The van der Waals surface area contributed by atoms with Crippen molar-refractivity contribution in [2.45, 2.75) is 31.7 Å². The number of methoxy groups -OCH3 is 1. The summed E-state index contributed by atoms with van der Waals surface area (Å²) in [4.78, 5) is 12.4. The Morgan fingerprint density at radius 3 is 2.64 bits per heavy atom. The summed E-state index contributed by atoms with van der Waals surface area (Å²) >= 11 is 6.09. The van der Waals surface area contributed by atoms with E-state index in [0.717, 1.165) is 23.4 Å². The minimum Gasteiger partial charge on any atom is -0.495 e. The van der Waals surface area contributed by atoms with E-state index in [1.165, 1.54) is 26.0 Å². The fraction of sp³-hybridized carbons (Fsp3) is 0.588. The first-order valence-corrected chi connectivity index (χ1v) is 10.6. The van der Waals surface area contributed by atoms with Crippen LogP contribution in [-0.4, -0.2) is 40.3 Å². The second-order valence-corrected chi connectivity index (χ2v) is 9.25. The first kappa shape index (κ1) is 18.3. The molecule has 0 aromatic heterocycles. The molecule has 1 aromatic rings. The number of nitrogens with one attached hydrogen (secondary N) is 1. The molecule has 1 N–H and O–H groups in total. The van der Waals surface area contributed by atoms with Gasteiger partial charge in [0.05, 0.1) is 24.1 Å². The zero-order valence-electron chi connectivity index (χ0n) is 14.4. The highest BCUT2D eigenvalue weighted by Gasteiger charge is 2.40. The number of hydrogen-bond donors (Lipinski definition) is 1. The molecule has 2 fully saturated rings. The highest BCUT2D eigenvalue weighted by molar-refractivity contribution is 7.92. The molecule has 0 unspecified atom stereocenters. The monoisotopic (exact) mass is 386 g/mol. The van der Waals surface area contributed by atoms with Crippen LogP contribution in [0.5, 0.6) is 5.75 Å². The number of fused-ring (bicyclic) bond motifs is 2. The third-order valence-corrected chi connectivity index (χ3v) is 6.63. The molecule has 2 aliphatic carbocycles. The lowest BCUT2D eigenvalue weighted by atomic mass is 9.95. The van der Waals surface area contributed by atoms with E-state index in [1.54, 1.807) is 12.1 Å². The van der Waals surface area contributed by atoms with Crippen molar-refractivity contribution in [3.05, 3.63) is 23.2 Å². The first-order valence-electron chi connectivity index (χ1n) is 8.38. The van der Waals surface area contributed by atoms with E-state index in [-0.39, 0.29) is 18.5 Å². The van der Waals surface area contributed by atoms with Crippen molar-refractivity contribution in [2.75, 3.05) is 24.2 Å². The van der Waals surface area contributed by atoms with Gasteiger partial charge in [-0.3, -0.25) is 9.10 Å². The molecule has 2 saturated carbocycles. The number of hydrogen-bond acceptors (Lipinski definition) is 4. The van der Waals surface area contributed by atoms with Crippen molar-refractivity contribution < 1.29 is 17.9 Å². The fourth-order valence-corrected chi connectivity index (χ4v) is 5.12. The lowest BCUT2D eigenvalue weighted by Crippen LogP contribution is -2.45. The van der Waals surface area contributed by atoms with Crippen LogP contribution in [0.1, 0.15) is 25.7 Å². The Balaban J connectivity index is 1.73. The second-order valence-electron chi connectivity index (χ2n) is 6.94. The van der Waals surface area contributed by atoms with Gasteiger partial charge in [0.1, 0.15) is 12.3 Å². The maximum absolute atomic E-state index is 12.4. The summed E-state index contributed by atoms with van der Waals surface area (Å²) in [5, 5.41) is 3.31. The Kier molecular flexibility index (Phi) is 5.16. The number of amides is 1. The molecule has 3 rings (SSSR count). The third-order valence-electron chi connectivity index (χ3n) is 5.20. The van der Waals surface area contributed by atoms with Crippen molar-refractivity contribution in [1.82, 2.24) is 5.32 Å². The van der Waals surface area contributed by atoms with E-state index in [4.69, 9.17) is 16.3 Å². The predicted molar refractivity (Wildman–Crippen MR) is 97.6 cm³/mol. The number of benzene rings is 1. The van der Waals surface area contributed by atoms with Crippen molar-refractivity contribution in [1.29, 1.82) is 0 Å². The lowest BCUT2D eigenvalue weighted by molar-refractivity contribution is -0.120. The van der Waals surface area contributed by atoms with E-state index in [9.17, 15) is 13.2 Å². The van der Waals surface area contributed by atoms with E-state index in [2.05, 4.69) is 5.32 Å². The Morgan fingerprint density at radius 2 is 2.12 bits per heavy atom. The van der Waals surface area contributed by atoms with E-state index in [1.807, 2.05) is 0 Å². The van der Waals surface area contributed by atoms with Gasteiger partial charge in [-0.25, -0.2) is 8.42 Å². The third kappa shape index (κ3) is 4.03. The molecule has 0 aliphatic heterocycles. The molecule has 0 saturated heterocycles. The molecule has 2 bridgehead atoms. The number of sulfonamides is 1. The van der Waals surface area contributed by atoms with E-state index in [0.29, 0.717) is 28.3 Å². The molecule has 138 valence electrons. The van der Waals surface area contributed by atoms with Crippen LogP contribution in [0.15, 0.2) is 18.2 Å². The predicted octanol–water partition coefficient (Wildman–Crippen LogP) is 2.42. The normalized spacial score (nSPS) is 25.0. The fourth-order valence-electron chi connectivity index (χ4n) is 4.01. The molecule has 3 atom stereocenters. The molecular formula is C17H23ClN2O4S. The van der Waals surface area contributed by atoms with Crippen LogP contribution >= 0.6 is 11.6 Å². The van der Waals surface area contributed by atoms with Crippen LogP contribution in [0.25, 0.3) is 0 Å². The van der Waals surface area contributed by atoms with Gasteiger partial charge in [0.25, 0.3) is 0 Å². The average molecular weight is 387 g/mol. The second kappa shape index (κ2) is 7.03. The Hall–Kier alpha value is -1.47. The van der Waals surface area contributed by atoms with Gasteiger partial charge in [0, 0.05) is 6.04 Å². The number of halogens is 1. The number of anilines is 1. The molecule has 1 aromatic carbocycles. The van der Waals surface area contributed by atoms with Gasteiger partial charge < -0.3 is 10.1 Å². The van der Waals surface area contributed by atoms with Gasteiger partial charge in [-0.15, -0.1) is 0 Å². The van der Waals surface area contributed by atoms with Crippen LogP contribution < -0.4 is 14.4 Å². The van der Waals surface area contributed by atoms with Crippen molar-refractivity contribution >= 4 is 33.2 Å². The van der Waals surface area contributed by atoms with E-state index < -0.39 is 10.0 Å². The molecule has 0 heterocycles. The lowest BCUT2D eigenvalue weighted by Gasteiger charge is -2.26. The Labute approximate surface area is 153 Å². The zero-order chi connectivity index (χ0) is 18.2. The smallest absolute Gasteiger partial charge is 0.241 e. The molecule has 0 radical (unpaired) electrons. The highest BCUT2D eigenvalue weighted by Crippen LogP contribution is 2.44. The summed E-state index contributed by atoms with van der Waals surface area (Å²) in [6.07, 6.45) is 5.66. The number of carbonyl (C=O) groups is 1. The van der Waals surface area contributed by atoms with Gasteiger partial charge in [0.15, 0.2) is 0 Å². The summed E-state index contributed by atoms with van der Waals surface area (Å²) in [6.45, 7) is -0.255. The molecule has 1 amide bonds. The van der Waals surface area contributed by atoms with Crippen LogP contribution in [0, 0.1) is 11.8 Å². The molecule has 25 heavy (non-hydrogen) atoms. The Bertz CT molecular complexity index is 768. The topological polar surface area (TPSA) is 75.7 Å². The zero-order valence-corrected chi connectivity index (χ0v) is 15.9. The largest absolute Gasteiger partial charge is 0.495 e. The van der Waals surface area contributed by atoms with Gasteiger partial charge in [-0.2, -0.15) is 0 Å². The number of carbonyl (C=O) groups excluding carboxylic acids is 1. The standard InChI is InChI=1S/C17H23ClN2O4S/c1-24-16-6-5-13(9-14(16)18)20(25(2,22)23)10-17(21)19-15-8-11-3-4-12(15)7-11/h5-6,9,11-12,15H,3-4,7-8,10H2,1-2H3,(H,19,21)/t11-,12+,15-/m1/s1. The summed E-state index contributed by atoms with van der Waals surface area (Å²) in [6, 6.07) is 4.83. The van der Waals surface area contributed by atoms with Gasteiger partial charge in [-0.1, -0.05) is 18.0 Å². The number of nitrogens with zero attached hydrogens (tertiary/aromatic N) is 1. The summed E-state index contributed by atoms with van der Waals surface area (Å²) in [7, 11) is -2.14. The molecule has 6 nitrogen and oxygen atoms in total. The van der Waals surface area contributed by atoms with Gasteiger partial charge in [-0.05, 0) is 49.3 Å². The molecule has 2 aliphatic rings. The van der Waals surface area contributed by atoms with Crippen molar-refractivity contribution in [3.8, 4) is 5.75 Å². The highest BCUT2D eigenvalue weighted by atomic mass is 35.5. The summed E-state index contributed by atoms with van der Waals surface area (Å²) in [5.41, 5.74) is 0.344. The van der Waals surface area contributed by atoms with Crippen LogP contribution in [-0.2, 0) is 14.8 Å². The number of ether oxygens (including phenoxy) is 1. The minimum absolute atomic E-state index is 0.173. The van der Waals surface area contributed by atoms with Crippen molar-refractivity contribution in [3.63, 3.8) is 0 Å². The van der Waals surface area contributed by atoms with Gasteiger partial charge >= 0.3 is 0 Å². The van der Waals surface area contributed by atoms with Crippen molar-refractivity contribution in [2.24, 2.45) is 11.8 Å². The molecule has 8 heteroatoms.